The van der Waals surface area contributed by atoms with Crippen molar-refractivity contribution < 1.29 is 9.53 Å². The molecule has 0 aliphatic carbocycles. The van der Waals surface area contributed by atoms with Crippen LogP contribution in [0.5, 0.6) is 5.75 Å². The topological polar surface area (TPSA) is 38.3 Å². The summed E-state index contributed by atoms with van der Waals surface area (Å²) in [6.07, 6.45) is 1.13. The first-order chi connectivity index (χ1) is 11.0. The molecule has 0 heterocycles. The first-order valence-electron chi connectivity index (χ1n) is 7.99. The zero-order valence-corrected chi connectivity index (χ0v) is 14.3. The van der Waals surface area contributed by atoms with Crippen LogP contribution in [0, 0.1) is 13.8 Å². The third-order valence-corrected chi connectivity index (χ3v) is 4.09. The van der Waals surface area contributed by atoms with Crippen LogP contribution in [0.15, 0.2) is 42.5 Å². The molecule has 1 atom stereocenters. The first kappa shape index (κ1) is 17.1. The Morgan fingerprint density at radius 2 is 1.91 bits per heavy atom. The normalized spacial score (nSPS) is 11.8. The van der Waals surface area contributed by atoms with E-state index >= 15 is 0 Å². The Bertz CT molecular complexity index is 679. The first-order valence-corrected chi connectivity index (χ1v) is 7.99. The van der Waals surface area contributed by atoms with E-state index in [4.69, 9.17) is 4.74 Å². The predicted octanol–water partition coefficient (Wildman–Crippen LogP) is 4.12. The Morgan fingerprint density at radius 1 is 1.17 bits per heavy atom. The van der Waals surface area contributed by atoms with Crippen molar-refractivity contribution in [1.29, 1.82) is 0 Å². The molecule has 0 fully saturated rings. The number of para-hydroxylation sites is 1. The summed E-state index contributed by atoms with van der Waals surface area (Å²) in [5.74, 6) is 0.896. The molecule has 3 nitrogen and oxygen atoms in total. The number of rotatable bonds is 6. The molecular weight excluding hydrogens is 286 g/mol. The number of benzene rings is 2. The summed E-state index contributed by atoms with van der Waals surface area (Å²) in [6.45, 7) is 6.17. The Balaban J connectivity index is 1.95. The van der Waals surface area contributed by atoms with Crippen LogP contribution in [0.4, 0.5) is 0 Å². The summed E-state index contributed by atoms with van der Waals surface area (Å²) < 4.78 is 5.33. The number of hydrogen-bond acceptors (Lipinski definition) is 2. The monoisotopic (exact) mass is 311 g/mol. The van der Waals surface area contributed by atoms with E-state index in [0.29, 0.717) is 12.8 Å². The van der Waals surface area contributed by atoms with Gasteiger partial charge < -0.3 is 10.1 Å². The van der Waals surface area contributed by atoms with Gasteiger partial charge in [0, 0.05) is 6.42 Å². The smallest absolute Gasteiger partial charge is 0.220 e. The lowest BCUT2D eigenvalue weighted by molar-refractivity contribution is -0.121. The second-order valence-corrected chi connectivity index (χ2v) is 5.96. The number of nitrogens with one attached hydrogen (secondary N) is 1. The maximum Gasteiger partial charge on any atom is 0.220 e. The van der Waals surface area contributed by atoms with Crippen LogP contribution in [0.1, 0.15) is 41.6 Å². The maximum absolute atomic E-state index is 12.2. The molecule has 0 bridgehead atoms. The second-order valence-electron chi connectivity index (χ2n) is 5.96. The van der Waals surface area contributed by atoms with Crippen molar-refractivity contribution in [1.82, 2.24) is 5.32 Å². The summed E-state index contributed by atoms with van der Waals surface area (Å²) in [5, 5.41) is 3.09. The van der Waals surface area contributed by atoms with Gasteiger partial charge in [-0.15, -0.1) is 0 Å². The molecule has 0 radical (unpaired) electrons. The molecular formula is C20H25NO2. The minimum Gasteiger partial charge on any atom is -0.496 e. The predicted molar refractivity (Wildman–Crippen MR) is 93.8 cm³/mol. The maximum atomic E-state index is 12.2. The van der Waals surface area contributed by atoms with Crippen molar-refractivity contribution in [2.24, 2.45) is 0 Å². The van der Waals surface area contributed by atoms with Gasteiger partial charge in [-0.2, -0.15) is 0 Å². The van der Waals surface area contributed by atoms with Crippen molar-refractivity contribution in [2.75, 3.05) is 7.11 Å². The van der Waals surface area contributed by atoms with Gasteiger partial charge in [-0.3, -0.25) is 4.79 Å². The van der Waals surface area contributed by atoms with Crippen molar-refractivity contribution in [2.45, 2.75) is 39.7 Å². The van der Waals surface area contributed by atoms with Gasteiger partial charge in [0.1, 0.15) is 5.75 Å². The zero-order valence-electron chi connectivity index (χ0n) is 14.3. The van der Waals surface area contributed by atoms with Gasteiger partial charge in [0.25, 0.3) is 0 Å². The number of ether oxygens (including phenoxy) is 1. The Hall–Kier alpha value is -2.29. The van der Waals surface area contributed by atoms with Crippen LogP contribution in [0.25, 0.3) is 0 Å². The van der Waals surface area contributed by atoms with E-state index < -0.39 is 0 Å². The number of carbonyl (C=O) groups is 1. The number of hydrogen-bond donors (Lipinski definition) is 1. The van der Waals surface area contributed by atoms with E-state index in [1.807, 2.05) is 31.2 Å². The standard InChI is InChI=1S/C20H25NO2/c1-14-9-10-15(2)18(13-14)16(3)21-20(22)12-11-17-7-5-6-8-19(17)23-4/h5-10,13,16H,11-12H2,1-4H3,(H,21,22). The van der Waals surface area contributed by atoms with Crippen LogP contribution < -0.4 is 10.1 Å². The van der Waals surface area contributed by atoms with Crippen molar-refractivity contribution >= 4 is 5.91 Å². The third-order valence-electron chi connectivity index (χ3n) is 4.09. The fourth-order valence-electron chi connectivity index (χ4n) is 2.78. The van der Waals surface area contributed by atoms with Crippen LogP contribution in [0.2, 0.25) is 0 Å². The molecule has 0 aliphatic rings. The van der Waals surface area contributed by atoms with Gasteiger partial charge in [-0.25, -0.2) is 0 Å². The molecule has 2 rings (SSSR count). The van der Waals surface area contributed by atoms with Gasteiger partial charge in [-0.1, -0.05) is 42.0 Å². The highest BCUT2D eigenvalue weighted by molar-refractivity contribution is 5.76. The number of methoxy groups -OCH3 is 1. The van der Waals surface area contributed by atoms with Gasteiger partial charge in [0.2, 0.25) is 5.91 Å². The molecule has 23 heavy (non-hydrogen) atoms. The highest BCUT2D eigenvalue weighted by Crippen LogP contribution is 2.21. The lowest BCUT2D eigenvalue weighted by Crippen LogP contribution is -2.27. The van der Waals surface area contributed by atoms with E-state index in [0.717, 1.165) is 11.3 Å². The molecule has 0 aromatic heterocycles. The highest BCUT2D eigenvalue weighted by atomic mass is 16.5. The molecule has 1 unspecified atom stereocenters. The van der Waals surface area contributed by atoms with Crippen LogP contribution >= 0.6 is 0 Å². The molecule has 0 aliphatic heterocycles. The molecule has 122 valence electrons. The molecule has 0 spiro atoms. The summed E-state index contributed by atoms with van der Waals surface area (Å²) in [5.41, 5.74) is 4.65. The minimum atomic E-state index is 0.0140. The number of aryl methyl sites for hydroxylation is 3. The average molecular weight is 311 g/mol. The quantitative estimate of drug-likeness (QED) is 0.871. The van der Waals surface area contributed by atoms with Gasteiger partial charge >= 0.3 is 0 Å². The van der Waals surface area contributed by atoms with Gasteiger partial charge in [-0.05, 0) is 49.9 Å². The SMILES string of the molecule is COc1ccccc1CCC(=O)NC(C)c1cc(C)ccc1C. The minimum absolute atomic E-state index is 0.0140. The van der Waals surface area contributed by atoms with Crippen molar-refractivity contribution in [3.63, 3.8) is 0 Å². The Kier molecular flexibility index (Phi) is 5.80. The van der Waals surface area contributed by atoms with Gasteiger partial charge in [0.05, 0.1) is 13.2 Å². The van der Waals surface area contributed by atoms with E-state index in [9.17, 15) is 4.79 Å². The Morgan fingerprint density at radius 3 is 2.65 bits per heavy atom. The molecule has 1 N–H and O–H groups in total. The lowest BCUT2D eigenvalue weighted by Gasteiger charge is -2.17. The summed E-state index contributed by atoms with van der Waals surface area (Å²) in [4.78, 5) is 12.2. The largest absolute Gasteiger partial charge is 0.496 e. The van der Waals surface area contributed by atoms with E-state index in [2.05, 4.69) is 37.4 Å². The van der Waals surface area contributed by atoms with Crippen LogP contribution in [-0.4, -0.2) is 13.0 Å². The van der Waals surface area contributed by atoms with E-state index in [1.165, 1.54) is 16.7 Å². The molecule has 3 heteroatoms. The number of carbonyl (C=O) groups excluding carboxylic acids is 1. The number of amides is 1. The van der Waals surface area contributed by atoms with Crippen molar-refractivity contribution in [3.8, 4) is 5.75 Å². The molecule has 1 amide bonds. The van der Waals surface area contributed by atoms with E-state index in [1.54, 1.807) is 7.11 Å². The zero-order chi connectivity index (χ0) is 16.8. The molecule has 0 saturated carbocycles. The Labute approximate surface area is 138 Å². The fraction of sp³-hybridized carbons (Fsp3) is 0.350. The third kappa shape index (κ3) is 4.59. The molecule has 2 aromatic rings. The van der Waals surface area contributed by atoms with Crippen LogP contribution in [-0.2, 0) is 11.2 Å². The van der Waals surface area contributed by atoms with E-state index in [-0.39, 0.29) is 11.9 Å². The van der Waals surface area contributed by atoms with Gasteiger partial charge in [0.15, 0.2) is 0 Å². The highest BCUT2D eigenvalue weighted by Gasteiger charge is 2.12. The summed E-state index contributed by atoms with van der Waals surface area (Å²) in [7, 11) is 1.65. The average Bonchev–Trinajstić information content (AvgIpc) is 2.55. The molecule has 2 aromatic carbocycles. The lowest BCUT2D eigenvalue weighted by atomic mass is 9.99. The van der Waals surface area contributed by atoms with Crippen LogP contribution in [0.3, 0.4) is 0 Å². The van der Waals surface area contributed by atoms with Crippen molar-refractivity contribution in [3.05, 3.63) is 64.7 Å². The fourth-order valence-corrected chi connectivity index (χ4v) is 2.78. The second kappa shape index (κ2) is 7.82. The summed E-state index contributed by atoms with van der Waals surface area (Å²) in [6, 6.07) is 14.2. The molecule has 0 saturated heterocycles. The summed E-state index contributed by atoms with van der Waals surface area (Å²) >= 11 is 0.